The van der Waals surface area contributed by atoms with E-state index >= 15 is 0 Å². The highest BCUT2D eigenvalue weighted by Gasteiger charge is 2.17. The van der Waals surface area contributed by atoms with Crippen LogP contribution in [0, 0.1) is 17.2 Å². The lowest BCUT2D eigenvalue weighted by Crippen LogP contribution is -2.38. The van der Waals surface area contributed by atoms with Crippen molar-refractivity contribution in [2.75, 3.05) is 31.1 Å². The summed E-state index contributed by atoms with van der Waals surface area (Å²) in [5.41, 5.74) is 0.681. The van der Waals surface area contributed by atoms with Crippen LogP contribution in [-0.2, 0) is 0 Å². The summed E-state index contributed by atoms with van der Waals surface area (Å²) in [6, 6.07) is 5.80. The maximum Gasteiger partial charge on any atom is 0.129 e. The Morgan fingerprint density at radius 3 is 3.17 bits per heavy atom. The number of hydrogen-bond acceptors (Lipinski definition) is 4. The molecule has 0 spiro atoms. The van der Waals surface area contributed by atoms with Gasteiger partial charge in [0.2, 0.25) is 0 Å². The summed E-state index contributed by atoms with van der Waals surface area (Å²) in [4.78, 5) is 6.64. The fourth-order valence-electron chi connectivity index (χ4n) is 2.44. The van der Waals surface area contributed by atoms with Gasteiger partial charge in [-0.15, -0.1) is 0 Å². The molecule has 96 valence electrons. The molecule has 1 saturated heterocycles. The normalized spacial score (nSPS) is 19.2. The molecule has 0 amide bonds. The number of nitrogens with zero attached hydrogens (tertiary/aromatic N) is 3. The molecule has 2 rings (SSSR count). The molecule has 2 heterocycles. The first kappa shape index (κ1) is 12.8. The van der Waals surface area contributed by atoms with Crippen LogP contribution in [0.1, 0.15) is 25.3 Å². The van der Waals surface area contributed by atoms with E-state index in [0.717, 1.165) is 32.0 Å². The molecule has 1 aliphatic rings. The molecule has 18 heavy (non-hydrogen) atoms. The van der Waals surface area contributed by atoms with E-state index in [4.69, 9.17) is 5.26 Å². The van der Waals surface area contributed by atoms with Gasteiger partial charge in [-0.25, -0.2) is 4.98 Å². The van der Waals surface area contributed by atoms with Crippen LogP contribution < -0.4 is 10.2 Å². The van der Waals surface area contributed by atoms with E-state index in [1.54, 1.807) is 12.3 Å². The predicted octanol–water partition coefficient (Wildman–Crippen LogP) is 1.78. The minimum Gasteiger partial charge on any atom is -0.357 e. The van der Waals surface area contributed by atoms with Crippen LogP contribution in [0.2, 0.25) is 0 Å². The number of piperidine rings is 1. The lowest BCUT2D eigenvalue weighted by atomic mass is 9.99. The van der Waals surface area contributed by atoms with Gasteiger partial charge in [-0.1, -0.05) is 0 Å². The van der Waals surface area contributed by atoms with Gasteiger partial charge in [-0.05, 0) is 50.9 Å². The summed E-state index contributed by atoms with van der Waals surface area (Å²) >= 11 is 0. The van der Waals surface area contributed by atoms with Gasteiger partial charge in [-0.2, -0.15) is 5.26 Å². The van der Waals surface area contributed by atoms with E-state index in [0.29, 0.717) is 11.5 Å². The first-order chi connectivity index (χ1) is 8.83. The van der Waals surface area contributed by atoms with Gasteiger partial charge in [0.25, 0.3) is 0 Å². The average molecular weight is 244 g/mol. The van der Waals surface area contributed by atoms with Crippen molar-refractivity contribution in [3.8, 4) is 6.07 Å². The summed E-state index contributed by atoms with van der Waals surface area (Å²) in [5, 5.41) is 12.4. The SMILES string of the molecule is CCN(CC1CCCNC1)c1cc(C#N)ccn1. The predicted molar refractivity (Wildman–Crippen MR) is 72.4 cm³/mol. The van der Waals surface area contributed by atoms with Gasteiger partial charge < -0.3 is 10.2 Å². The van der Waals surface area contributed by atoms with E-state index in [-0.39, 0.29) is 0 Å². The zero-order chi connectivity index (χ0) is 12.8. The molecule has 0 aliphatic carbocycles. The van der Waals surface area contributed by atoms with E-state index < -0.39 is 0 Å². The fraction of sp³-hybridized carbons (Fsp3) is 0.571. The Hall–Kier alpha value is -1.60. The van der Waals surface area contributed by atoms with Gasteiger partial charge in [-0.3, -0.25) is 0 Å². The summed E-state index contributed by atoms with van der Waals surface area (Å²) in [7, 11) is 0. The number of pyridine rings is 1. The second-order valence-corrected chi connectivity index (χ2v) is 4.77. The third kappa shape index (κ3) is 3.21. The van der Waals surface area contributed by atoms with Gasteiger partial charge in [0, 0.05) is 19.3 Å². The lowest BCUT2D eigenvalue weighted by Gasteiger charge is -2.30. The van der Waals surface area contributed by atoms with Crippen molar-refractivity contribution in [1.29, 1.82) is 5.26 Å². The van der Waals surface area contributed by atoms with Crippen LogP contribution in [0.15, 0.2) is 18.3 Å². The molecular weight excluding hydrogens is 224 g/mol. The molecule has 1 aromatic heterocycles. The number of anilines is 1. The number of nitriles is 1. The summed E-state index contributed by atoms with van der Waals surface area (Å²) in [6.45, 7) is 6.32. The second kappa shape index (κ2) is 6.36. The first-order valence-corrected chi connectivity index (χ1v) is 6.65. The number of hydrogen-bond donors (Lipinski definition) is 1. The molecule has 1 unspecified atom stereocenters. The highest BCUT2D eigenvalue weighted by molar-refractivity contribution is 5.44. The van der Waals surface area contributed by atoms with Crippen molar-refractivity contribution < 1.29 is 0 Å². The molecule has 1 N–H and O–H groups in total. The molecule has 1 fully saturated rings. The Kier molecular flexibility index (Phi) is 4.54. The minimum absolute atomic E-state index is 0.681. The maximum atomic E-state index is 8.93. The van der Waals surface area contributed by atoms with Crippen LogP contribution in [0.3, 0.4) is 0 Å². The van der Waals surface area contributed by atoms with Gasteiger partial charge in [0.15, 0.2) is 0 Å². The molecule has 0 bridgehead atoms. The molecule has 1 atom stereocenters. The molecule has 1 aliphatic heterocycles. The van der Waals surface area contributed by atoms with Crippen LogP contribution in [0.4, 0.5) is 5.82 Å². The summed E-state index contributed by atoms with van der Waals surface area (Å²) in [6.07, 6.45) is 4.25. The van der Waals surface area contributed by atoms with E-state index in [2.05, 4.69) is 28.2 Å². The highest BCUT2D eigenvalue weighted by Crippen LogP contribution is 2.17. The molecular formula is C14H20N4. The zero-order valence-electron chi connectivity index (χ0n) is 10.9. The zero-order valence-corrected chi connectivity index (χ0v) is 10.9. The van der Waals surface area contributed by atoms with Crippen molar-refractivity contribution in [2.45, 2.75) is 19.8 Å². The largest absolute Gasteiger partial charge is 0.357 e. The Bertz CT molecular complexity index is 418. The van der Waals surface area contributed by atoms with Crippen LogP contribution in [0.25, 0.3) is 0 Å². The minimum atomic E-state index is 0.681. The molecule has 0 radical (unpaired) electrons. The molecule has 4 heteroatoms. The van der Waals surface area contributed by atoms with Crippen molar-refractivity contribution in [3.63, 3.8) is 0 Å². The summed E-state index contributed by atoms with van der Waals surface area (Å²) < 4.78 is 0. The fourth-order valence-corrected chi connectivity index (χ4v) is 2.44. The third-order valence-corrected chi connectivity index (χ3v) is 3.46. The third-order valence-electron chi connectivity index (χ3n) is 3.46. The average Bonchev–Trinajstić information content (AvgIpc) is 2.46. The lowest BCUT2D eigenvalue weighted by molar-refractivity contribution is 0.377. The standard InChI is InChI=1S/C14H20N4/c1-2-18(11-13-4-3-6-16-10-13)14-8-12(9-15)5-7-17-14/h5,7-8,13,16H,2-4,6,10-11H2,1H3. The van der Waals surface area contributed by atoms with Crippen molar-refractivity contribution in [3.05, 3.63) is 23.9 Å². The van der Waals surface area contributed by atoms with Crippen LogP contribution in [0.5, 0.6) is 0 Å². The Labute approximate surface area is 109 Å². The first-order valence-electron chi connectivity index (χ1n) is 6.65. The molecule has 1 aromatic rings. The van der Waals surface area contributed by atoms with Gasteiger partial charge in [0.05, 0.1) is 11.6 Å². The molecule has 0 saturated carbocycles. The van der Waals surface area contributed by atoms with Crippen LogP contribution >= 0.6 is 0 Å². The van der Waals surface area contributed by atoms with E-state index in [1.165, 1.54) is 12.8 Å². The van der Waals surface area contributed by atoms with Crippen LogP contribution in [-0.4, -0.2) is 31.2 Å². The Morgan fingerprint density at radius 1 is 1.61 bits per heavy atom. The number of aromatic nitrogens is 1. The smallest absolute Gasteiger partial charge is 0.129 e. The molecule has 4 nitrogen and oxygen atoms in total. The van der Waals surface area contributed by atoms with E-state index in [9.17, 15) is 0 Å². The van der Waals surface area contributed by atoms with Crippen molar-refractivity contribution in [1.82, 2.24) is 10.3 Å². The second-order valence-electron chi connectivity index (χ2n) is 4.77. The Morgan fingerprint density at radius 2 is 2.50 bits per heavy atom. The van der Waals surface area contributed by atoms with Crippen molar-refractivity contribution >= 4 is 5.82 Å². The van der Waals surface area contributed by atoms with Gasteiger partial charge in [0.1, 0.15) is 5.82 Å². The Balaban J connectivity index is 2.05. The van der Waals surface area contributed by atoms with E-state index in [1.807, 2.05) is 6.07 Å². The topological polar surface area (TPSA) is 52.0 Å². The van der Waals surface area contributed by atoms with Gasteiger partial charge >= 0.3 is 0 Å². The quantitative estimate of drug-likeness (QED) is 0.877. The maximum absolute atomic E-state index is 8.93. The molecule has 0 aromatic carbocycles. The van der Waals surface area contributed by atoms with Crippen molar-refractivity contribution in [2.24, 2.45) is 5.92 Å². The highest BCUT2D eigenvalue weighted by atomic mass is 15.2. The summed E-state index contributed by atoms with van der Waals surface area (Å²) in [5.74, 6) is 1.60. The monoisotopic (exact) mass is 244 g/mol. The number of rotatable bonds is 4. The number of nitrogens with one attached hydrogen (secondary N) is 1.